The number of pyridine rings is 1. The Balaban J connectivity index is 2.18. The molecule has 6 heteroatoms. The summed E-state index contributed by atoms with van der Waals surface area (Å²) in [6, 6.07) is 10.3. The van der Waals surface area contributed by atoms with Gasteiger partial charge in [-0.25, -0.2) is 5.43 Å². The molecule has 0 bridgehead atoms. The lowest BCUT2D eigenvalue weighted by Gasteiger charge is -2.08. The number of nitrogens with zero attached hydrogens (tertiary/aromatic N) is 2. The van der Waals surface area contributed by atoms with Crippen molar-refractivity contribution in [2.45, 2.75) is 6.92 Å². The number of carbonyl (C=O) groups is 1. The van der Waals surface area contributed by atoms with Crippen molar-refractivity contribution in [1.82, 2.24) is 10.4 Å². The van der Waals surface area contributed by atoms with Crippen LogP contribution in [0, 0.1) is 0 Å². The Bertz CT molecular complexity index is 672. The molecule has 0 saturated heterocycles. The number of hydrogen-bond donors (Lipinski definition) is 1. The second-order valence-corrected chi connectivity index (χ2v) is 4.63. The third-order valence-corrected chi connectivity index (χ3v) is 3.01. The van der Waals surface area contributed by atoms with Gasteiger partial charge < -0.3 is 4.74 Å². The molecule has 1 N–H and O–H groups in total. The molecule has 0 aliphatic heterocycles. The van der Waals surface area contributed by atoms with Crippen LogP contribution in [0.15, 0.2) is 47.7 Å². The number of benzene rings is 1. The Morgan fingerprint density at radius 2 is 2.14 bits per heavy atom. The van der Waals surface area contributed by atoms with Crippen LogP contribution < -0.4 is 10.2 Å². The number of halogens is 1. The summed E-state index contributed by atoms with van der Waals surface area (Å²) >= 11 is 5.97. The fraction of sp³-hybridized carbons (Fsp3) is 0.133. The number of hydrogen-bond acceptors (Lipinski definition) is 4. The second kappa shape index (κ2) is 6.85. The molecule has 108 valence electrons. The van der Waals surface area contributed by atoms with Crippen molar-refractivity contribution >= 4 is 23.2 Å². The molecule has 21 heavy (non-hydrogen) atoms. The van der Waals surface area contributed by atoms with Gasteiger partial charge in [0.05, 0.1) is 12.8 Å². The monoisotopic (exact) mass is 303 g/mol. The number of ether oxygens (including phenoxy) is 1. The number of methoxy groups -OCH3 is 1. The maximum absolute atomic E-state index is 11.9. The number of hydrazone groups is 1. The maximum atomic E-state index is 11.9. The molecule has 0 fully saturated rings. The summed E-state index contributed by atoms with van der Waals surface area (Å²) in [7, 11) is 1.56. The van der Waals surface area contributed by atoms with Crippen molar-refractivity contribution in [2.24, 2.45) is 5.10 Å². The fourth-order valence-electron chi connectivity index (χ4n) is 1.71. The van der Waals surface area contributed by atoms with Crippen LogP contribution in [-0.4, -0.2) is 23.7 Å². The van der Waals surface area contributed by atoms with Crippen LogP contribution in [0.25, 0.3) is 0 Å². The van der Waals surface area contributed by atoms with E-state index in [0.29, 0.717) is 27.7 Å². The first-order chi connectivity index (χ1) is 10.1. The van der Waals surface area contributed by atoms with E-state index in [1.807, 2.05) is 0 Å². The SMILES string of the molecule is COc1ccc(Cl)cc1/C(C)=N\NC(=O)c1ccccn1. The van der Waals surface area contributed by atoms with Gasteiger partial charge in [0.2, 0.25) is 0 Å². The van der Waals surface area contributed by atoms with Crippen molar-refractivity contribution in [3.8, 4) is 5.75 Å². The van der Waals surface area contributed by atoms with Crippen LogP contribution in [0.4, 0.5) is 0 Å². The van der Waals surface area contributed by atoms with Crippen molar-refractivity contribution < 1.29 is 9.53 Å². The smallest absolute Gasteiger partial charge is 0.289 e. The first-order valence-electron chi connectivity index (χ1n) is 6.21. The zero-order valence-electron chi connectivity index (χ0n) is 11.6. The topological polar surface area (TPSA) is 63.6 Å². The Hall–Kier alpha value is -2.40. The van der Waals surface area contributed by atoms with Crippen LogP contribution in [0.5, 0.6) is 5.75 Å². The lowest BCUT2D eigenvalue weighted by molar-refractivity contribution is 0.0950. The third-order valence-electron chi connectivity index (χ3n) is 2.77. The molecule has 0 atom stereocenters. The van der Waals surface area contributed by atoms with Crippen LogP contribution in [0.3, 0.4) is 0 Å². The highest BCUT2D eigenvalue weighted by atomic mass is 35.5. The van der Waals surface area contributed by atoms with Crippen molar-refractivity contribution in [1.29, 1.82) is 0 Å². The molecule has 0 aliphatic rings. The molecular formula is C15H14ClN3O2. The molecule has 1 aromatic carbocycles. The maximum Gasteiger partial charge on any atom is 0.289 e. The van der Waals surface area contributed by atoms with E-state index >= 15 is 0 Å². The van der Waals surface area contributed by atoms with Gasteiger partial charge in [-0.15, -0.1) is 0 Å². The van der Waals surface area contributed by atoms with Gasteiger partial charge >= 0.3 is 0 Å². The summed E-state index contributed by atoms with van der Waals surface area (Å²) in [5.74, 6) is 0.253. The summed E-state index contributed by atoms with van der Waals surface area (Å²) in [6.45, 7) is 1.76. The van der Waals surface area contributed by atoms with Gasteiger partial charge in [0.15, 0.2) is 0 Å². The summed E-state index contributed by atoms with van der Waals surface area (Å²) in [4.78, 5) is 15.8. The van der Waals surface area contributed by atoms with Gasteiger partial charge in [0.1, 0.15) is 11.4 Å². The average molecular weight is 304 g/mol. The van der Waals surface area contributed by atoms with E-state index in [-0.39, 0.29) is 5.91 Å². The molecule has 1 aromatic heterocycles. The van der Waals surface area contributed by atoms with Crippen LogP contribution in [0.2, 0.25) is 5.02 Å². The second-order valence-electron chi connectivity index (χ2n) is 4.20. The molecule has 5 nitrogen and oxygen atoms in total. The Morgan fingerprint density at radius 1 is 1.33 bits per heavy atom. The minimum atomic E-state index is -0.379. The van der Waals surface area contributed by atoms with E-state index in [1.54, 1.807) is 56.6 Å². The molecule has 2 aromatic rings. The van der Waals surface area contributed by atoms with Gasteiger partial charge in [-0.3, -0.25) is 9.78 Å². The van der Waals surface area contributed by atoms with Gasteiger partial charge in [-0.05, 0) is 37.3 Å². The van der Waals surface area contributed by atoms with Gasteiger partial charge in [0.25, 0.3) is 5.91 Å². The van der Waals surface area contributed by atoms with Crippen molar-refractivity contribution in [3.63, 3.8) is 0 Å². The summed E-state index contributed by atoms with van der Waals surface area (Å²) in [5.41, 5.74) is 4.05. The molecule has 2 rings (SSSR count). The lowest BCUT2D eigenvalue weighted by atomic mass is 10.1. The molecule has 1 heterocycles. The van der Waals surface area contributed by atoms with E-state index in [2.05, 4.69) is 15.5 Å². The molecule has 0 radical (unpaired) electrons. The molecule has 0 saturated carbocycles. The Labute approximate surface area is 127 Å². The Kier molecular flexibility index (Phi) is 4.90. The predicted molar refractivity (Wildman–Crippen MR) is 81.9 cm³/mol. The highest BCUT2D eigenvalue weighted by molar-refractivity contribution is 6.31. The molecular weight excluding hydrogens is 290 g/mol. The predicted octanol–water partition coefficient (Wildman–Crippen LogP) is 2.90. The van der Waals surface area contributed by atoms with E-state index in [9.17, 15) is 4.79 Å². The lowest BCUT2D eigenvalue weighted by Crippen LogP contribution is -2.20. The number of rotatable bonds is 4. The van der Waals surface area contributed by atoms with E-state index in [4.69, 9.17) is 16.3 Å². The summed E-state index contributed by atoms with van der Waals surface area (Å²) in [5, 5.41) is 4.63. The van der Waals surface area contributed by atoms with Gasteiger partial charge in [0, 0.05) is 16.8 Å². The molecule has 0 aliphatic carbocycles. The van der Waals surface area contributed by atoms with Gasteiger partial charge in [-0.2, -0.15) is 5.10 Å². The van der Waals surface area contributed by atoms with Crippen LogP contribution >= 0.6 is 11.6 Å². The minimum Gasteiger partial charge on any atom is -0.496 e. The summed E-state index contributed by atoms with van der Waals surface area (Å²) in [6.07, 6.45) is 1.55. The van der Waals surface area contributed by atoms with E-state index in [1.165, 1.54) is 0 Å². The largest absolute Gasteiger partial charge is 0.496 e. The first-order valence-corrected chi connectivity index (χ1v) is 6.59. The third kappa shape index (κ3) is 3.79. The van der Waals surface area contributed by atoms with Crippen molar-refractivity contribution in [2.75, 3.05) is 7.11 Å². The zero-order valence-corrected chi connectivity index (χ0v) is 12.4. The van der Waals surface area contributed by atoms with Crippen LogP contribution in [-0.2, 0) is 0 Å². The molecule has 0 spiro atoms. The van der Waals surface area contributed by atoms with Crippen molar-refractivity contribution in [3.05, 3.63) is 58.9 Å². The fourth-order valence-corrected chi connectivity index (χ4v) is 1.88. The van der Waals surface area contributed by atoms with Gasteiger partial charge in [-0.1, -0.05) is 17.7 Å². The number of carbonyl (C=O) groups excluding carboxylic acids is 1. The first kappa shape index (κ1) is 15.0. The highest BCUT2D eigenvalue weighted by Crippen LogP contribution is 2.23. The molecule has 1 amide bonds. The Morgan fingerprint density at radius 3 is 2.81 bits per heavy atom. The minimum absolute atomic E-state index is 0.298. The van der Waals surface area contributed by atoms with E-state index < -0.39 is 0 Å². The normalized spacial score (nSPS) is 11.1. The standard InChI is InChI=1S/C15H14ClN3O2/c1-10(12-9-11(16)6-7-14(12)21-2)18-19-15(20)13-5-3-4-8-17-13/h3-9H,1-2H3,(H,19,20)/b18-10-. The van der Waals surface area contributed by atoms with E-state index in [0.717, 1.165) is 0 Å². The number of aromatic nitrogens is 1. The highest BCUT2D eigenvalue weighted by Gasteiger charge is 2.09. The number of nitrogens with one attached hydrogen (secondary N) is 1. The summed E-state index contributed by atoms with van der Waals surface area (Å²) < 4.78 is 5.25. The number of amides is 1. The zero-order chi connectivity index (χ0) is 15.2. The molecule has 0 unspecified atom stereocenters. The quantitative estimate of drug-likeness (QED) is 0.698. The van der Waals surface area contributed by atoms with Crippen LogP contribution in [0.1, 0.15) is 23.0 Å². The average Bonchev–Trinajstić information content (AvgIpc) is 2.53.